The van der Waals surface area contributed by atoms with Gasteiger partial charge in [0.15, 0.2) is 0 Å². The van der Waals surface area contributed by atoms with Crippen molar-refractivity contribution in [3.8, 4) is 0 Å². The minimum absolute atomic E-state index is 0.0639. The molecule has 1 aliphatic heterocycles. The van der Waals surface area contributed by atoms with E-state index in [0.29, 0.717) is 4.90 Å². The Labute approximate surface area is 117 Å². The summed E-state index contributed by atoms with van der Waals surface area (Å²) in [6, 6.07) is 13.0. The van der Waals surface area contributed by atoms with E-state index in [2.05, 4.69) is 4.72 Å². The maximum Gasteiger partial charge on any atom is 0.241 e. The molecule has 5 heteroatoms. The van der Waals surface area contributed by atoms with Crippen LogP contribution in [0.4, 0.5) is 0 Å². The Kier molecular flexibility index (Phi) is 3.52. The zero-order chi connectivity index (χ0) is 13.3. The predicted molar refractivity (Wildman–Crippen MR) is 80.0 cm³/mol. The number of sulfonamides is 1. The van der Waals surface area contributed by atoms with E-state index in [1.54, 1.807) is 23.9 Å². The van der Waals surface area contributed by atoms with Gasteiger partial charge in [-0.2, -0.15) is 11.8 Å². The van der Waals surface area contributed by atoms with E-state index < -0.39 is 10.0 Å². The molecule has 0 amide bonds. The molecule has 1 unspecified atom stereocenters. The lowest BCUT2D eigenvalue weighted by atomic mass is 10.1. The van der Waals surface area contributed by atoms with Gasteiger partial charge >= 0.3 is 0 Å². The molecule has 1 saturated heterocycles. The molecule has 1 atom stereocenters. The molecule has 0 spiro atoms. The Morgan fingerprint density at radius 2 is 1.89 bits per heavy atom. The molecule has 1 N–H and O–H groups in total. The first kappa shape index (κ1) is 13.0. The van der Waals surface area contributed by atoms with Crippen molar-refractivity contribution >= 4 is 32.6 Å². The average molecular weight is 293 g/mol. The zero-order valence-corrected chi connectivity index (χ0v) is 12.0. The molecule has 0 radical (unpaired) electrons. The summed E-state index contributed by atoms with van der Waals surface area (Å²) in [6.45, 7) is 0. The van der Waals surface area contributed by atoms with Gasteiger partial charge in [0.05, 0.1) is 4.90 Å². The van der Waals surface area contributed by atoms with Crippen LogP contribution in [0.1, 0.15) is 6.42 Å². The third-order valence-electron chi connectivity index (χ3n) is 3.29. The first-order valence-corrected chi connectivity index (χ1v) is 8.88. The summed E-state index contributed by atoms with van der Waals surface area (Å²) in [5.74, 6) is 1.90. The molecule has 0 aromatic heterocycles. The van der Waals surface area contributed by atoms with Crippen LogP contribution in [0.2, 0.25) is 0 Å². The van der Waals surface area contributed by atoms with Crippen molar-refractivity contribution in [2.75, 3.05) is 11.5 Å². The first-order chi connectivity index (χ1) is 9.17. The fourth-order valence-electron chi connectivity index (χ4n) is 2.34. The van der Waals surface area contributed by atoms with E-state index >= 15 is 0 Å². The first-order valence-electron chi connectivity index (χ1n) is 6.25. The number of hydrogen-bond donors (Lipinski definition) is 1. The van der Waals surface area contributed by atoms with Gasteiger partial charge in [0.2, 0.25) is 10.0 Å². The molecular weight excluding hydrogens is 278 g/mol. The lowest BCUT2D eigenvalue weighted by Crippen LogP contribution is -2.34. The van der Waals surface area contributed by atoms with Crippen LogP contribution in [-0.2, 0) is 10.0 Å². The van der Waals surface area contributed by atoms with Crippen LogP contribution in [0, 0.1) is 0 Å². The van der Waals surface area contributed by atoms with Crippen molar-refractivity contribution in [2.45, 2.75) is 17.4 Å². The van der Waals surface area contributed by atoms with Crippen molar-refractivity contribution in [1.29, 1.82) is 0 Å². The molecule has 19 heavy (non-hydrogen) atoms. The molecule has 1 aliphatic rings. The van der Waals surface area contributed by atoms with Crippen molar-refractivity contribution in [2.24, 2.45) is 0 Å². The molecular formula is C14H15NO2S2. The second kappa shape index (κ2) is 5.15. The Bertz CT molecular complexity index is 686. The molecule has 0 bridgehead atoms. The van der Waals surface area contributed by atoms with E-state index in [4.69, 9.17) is 0 Å². The maximum atomic E-state index is 12.5. The summed E-state index contributed by atoms with van der Waals surface area (Å²) in [5.41, 5.74) is 0. The average Bonchev–Trinajstić information content (AvgIpc) is 2.90. The van der Waals surface area contributed by atoms with Gasteiger partial charge in [0.1, 0.15) is 0 Å². The van der Waals surface area contributed by atoms with Gasteiger partial charge < -0.3 is 0 Å². The molecule has 3 rings (SSSR count). The standard InChI is InChI=1S/C14H15NO2S2/c16-19(17,15-12-8-9-18-10-12)14-7-3-5-11-4-1-2-6-13(11)14/h1-7,12,15H,8-10H2. The van der Waals surface area contributed by atoms with E-state index in [-0.39, 0.29) is 6.04 Å². The normalized spacial score (nSPS) is 19.9. The van der Waals surface area contributed by atoms with Gasteiger partial charge in [0.25, 0.3) is 0 Å². The second-order valence-corrected chi connectivity index (χ2v) is 7.49. The Hall–Kier alpha value is -1.04. The molecule has 1 fully saturated rings. The molecule has 0 aliphatic carbocycles. The van der Waals surface area contributed by atoms with E-state index in [9.17, 15) is 8.42 Å². The minimum atomic E-state index is -3.43. The highest BCUT2D eigenvalue weighted by Crippen LogP contribution is 2.24. The molecule has 3 nitrogen and oxygen atoms in total. The highest BCUT2D eigenvalue weighted by molar-refractivity contribution is 7.99. The van der Waals surface area contributed by atoms with Gasteiger partial charge in [-0.05, 0) is 23.6 Å². The lowest BCUT2D eigenvalue weighted by Gasteiger charge is -2.13. The van der Waals surface area contributed by atoms with Gasteiger partial charge in [-0.3, -0.25) is 0 Å². The Balaban J connectivity index is 2.02. The summed E-state index contributed by atoms with van der Waals surface area (Å²) in [6.07, 6.45) is 0.911. The third kappa shape index (κ3) is 2.63. The molecule has 2 aromatic rings. The monoisotopic (exact) mass is 293 g/mol. The summed E-state index contributed by atoms with van der Waals surface area (Å²) in [4.78, 5) is 0.377. The fourth-order valence-corrected chi connectivity index (χ4v) is 5.10. The van der Waals surface area contributed by atoms with Crippen molar-refractivity contribution in [3.05, 3.63) is 42.5 Å². The molecule has 0 saturated carbocycles. The number of fused-ring (bicyclic) bond motifs is 1. The topological polar surface area (TPSA) is 46.2 Å². The van der Waals surface area contributed by atoms with Crippen LogP contribution >= 0.6 is 11.8 Å². The Morgan fingerprint density at radius 1 is 1.11 bits per heavy atom. The number of hydrogen-bond acceptors (Lipinski definition) is 3. The quantitative estimate of drug-likeness (QED) is 0.946. The van der Waals surface area contributed by atoms with Crippen molar-refractivity contribution < 1.29 is 8.42 Å². The maximum absolute atomic E-state index is 12.5. The van der Waals surface area contributed by atoms with Crippen molar-refractivity contribution in [3.63, 3.8) is 0 Å². The highest BCUT2D eigenvalue weighted by atomic mass is 32.2. The number of thioether (sulfide) groups is 1. The van der Waals surface area contributed by atoms with Gasteiger partial charge in [0, 0.05) is 17.2 Å². The Morgan fingerprint density at radius 3 is 2.68 bits per heavy atom. The van der Waals surface area contributed by atoms with Crippen LogP contribution in [0.25, 0.3) is 10.8 Å². The van der Waals surface area contributed by atoms with Gasteiger partial charge in [-0.15, -0.1) is 0 Å². The number of nitrogens with one attached hydrogen (secondary N) is 1. The summed E-state index contributed by atoms with van der Waals surface area (Å²) < 4.78 is 27.8. The molecule has 1 heterocycles. The third-order valence-corrected chi connectivity index (χ3v) is 6.03. The number of benzene rings is 2. The van der Waals surface area contributed by atoms with Crippen LogP contribution in [0.3, 0.4) is 0 Å². The SMILES string of the molecule is O=S(=O)(NC1CCSC1)c1cccc2ccccc12. The summed E-state index contributed by atoms with van der Waals surface area (Å²) in [5, 5.41) is 1.73. The van der Waals surface area contributed by atoms with E-state index in [0.717, 1.165) is 28.7 Å². The van der Waals surface area contributed by atoms with E-state index in [1.807, 2.05) is 30.3 Å². The number of rotatable bonds is 3. The second-order valence-electron chi connectivity index (χ2n) is 4.66. The minimum Gasteiger partial charge on any atom is -0.207 e. The lowest BCUT2D eigenvalue weighted by molar-refractivity contribution is 0.564. The fraction of sp³-hybridized carbons (Fsp3) is 0.286. The van der Waals surface area contributed by atoms with Crippen LogP contribution in [0.5, 0.6) is 0 Å². The van der Waals surface area contributed by atoms with Crippen LogP contribution < -0.4 is 4.72 Å². The molecule has 2 aromatic carbocycles. The highest BCUT2D eigenvalue weighted by Gasteiger charge is 2.24. The smallest absolute Gasteiger partial charge is 0.207 e. The summed E-state index contributed by atoms with van der Waals surface area (Å²) >= 11 is 1.79. The van der Waals surface area contributed by atoms with Crippen molar-refractivity contribution in [1.82, 2.24) is 4.72 Å². The largest absolute Gasteiger partial charge is 0.241 e. The van der Waals surface area contributed by atoms with Gasteiger partial charge in [-0.25, -0.2) is 13.1 Å². The van der Waals surface area contributed by atoms with Crippen LogP contribution in [-0.4, -0.2) is 26.0 Å². The summed E-state index contributed by atoms with van der Waals surface area (Å²) in [7, 11) is -3.43. The van der Waals surface area contributed by atoms with Gasteiger partial charge in [-0.1, -0.05) is 36.4 Å². The van der Waals surface area contributed by atoms with Crippen LogP contribution in [0.15, 0.2) is 47.4 Å². The zero-order valence-electron chi connectivity index (χ0n) is 10.4. The predicted octanol–water partition coefficient (Wildman–Crippen LogP) is 2.62. The molecule has 100 valence electrons. The van der Waals surface area contributed by atoms with E-state index in [1.165, 1.54) is 0 Å².